The first-order chi connectivity index (χ1) is 7.22. The van der Waals surface area contributed by atoms with Crippen molar-refractivity contribution in [1.29, 1.82) is 0 Å². The van der Waals surface area contributed by atoms with E-state index in [1.165, 1.54) is 0 Å². The van der Waals surface area contributed by atoms with Crippen molar-refractivity contribution in [2.45, 2.75) is 18.9 Å². The van der Waals surface area contributed by atoms with Crippen LogP contribution in [0.15, 0.2) is 18.2 Å². The van der Waals surface area contributed by atoms with Gasteiger partial charge in [0.15, 0.2) is 0 Å². The number of nitrogens with zero attached hydrogens (tertiary/aromatic N) is 1. The maximum absolute atomic E-state index is 10.9. The molecule has 0 saturated heterocycles. The average molecular weight is 208 g/mol. The Labute approximate surface area is 86.6 Å². The van der Waals surface area contributed by atoms with Gasteiger partial charge >= 0.3 is 5.69 Å². The molecule has 1 aliphatic rings. The second-order valence-electron chi connectivity index (χ2n) is 3.52. The van der Waals surface area contributed by atoms with E-state index in [0.717, 1.165) is 12.8 Å². The van der Waals surface area contributed by atoms with Crippen molar-refractivity contribution in [3.8, 4) is 0 Å². The number of hydrogen-bond donors (Lipinski definition) is 3. The van der Waals surface area contributed by atoms with Crippen molar-refractivity contribution >= 4 is 17.1 Å². The average Bonchev–Trinajstić information content (AvgIpc) is 3.01. The third-order valence-corrected chi connectivity index (χ3v) is 2.31. The Kier molecular flexibility index (Phi) is 2.42. The van der Waals surface area contributed by atoms with Crippen LogP contribution < -0.4 is 16.6 Å². The van der Waals surface area contributed by atoms with Gasteiger partial charge in [0.05, 0.1) is 4.92 Å². The molecule has 0 aromatic heterocycles. The van der Waals surface area contributed by atoms with Gasteiger partial charge in [-0.2, -0.15) is 0 Å². The Bertz CT molecular complexity index is 390. The van der Waals surface area contributed by atoms with Crippen LogP contribution in [-0.4, -0.2) is 11.0 Å². The van der Waals surface area contributed by atoms with Gasteiger partial charge in [-0.15, -0.1) is 0 Å². The second-order valence-corrected chi connectivity index (χ2v) is 3.52. The van der Waals surface area contributed by atoms with Crippen LogP contribution in [0, 0.1) is 10.1 Å². The molecule has 1 aliphatic carbocycles. The minimum absolute atomic E-state index is 0.00639. The first-order valence-corrected chi connectivity index (χ1v) is 4.73. The van der Waals surface area contributed by atoms with Crippen molar-refractivity contribution < 1.29 is 4.92 Å². The molecule has 0 atom stereocenters. The number of nitrogens with one attached hydrogen (secondary N) is 2. The zero-order chi connectivity index (χ0) is 10.8. The lowest BCUT2D eigenvalue weighted by Crippen LogP contribution is -2.11. The van der Waals surface area contributed by atoms with Crippen molar-refractivity contribution in [3.05, 3.63) is 28.3 Å². The number of nitro groups is 1. The van der Waals surface area contributed by atoms with Gasteiger partial charge in [0.2, 0.25) is 0 Å². The summed E-state index contributed by atoms with van der Waals surface area (Å²) in [6.45, 7) is 0. The molecule has 2 rings (SSSR count). The minimum atomic E-state index is -0.431. The summed E-state index contributed by atoms with van der Waals surface area (Å²) in [5.41, 5.74) is 3.19. The smallest absolute Gasteiger partial charge is 0.316 e. The third kappa shape index (κ3) is 1.99. The highest BCUT2D eigenvalue weighted by molar-refractivity contribution is 5.76. The molecule has 4 N–H and O–H groups in total. The van der Waals surface area contributed by atoms with E-state index >= 15 is 0 Å². The molecule has 15 heavy (non-hydrogen) atoms. The third-order valence-electron chi connectivity index (χ3n) is 2.31. The summed E-state index contributed by atoms with van der Waals surface area (Å²) in [6.07, 6.45) is 2.13. The normalized spacial score (nSPS) is 14.7. The second kappa shape index (κ2) is 3.74. The van der Waals surface area contributed by atoms with E-state index in [9.17, 15) is 10.1 Å². The molecule has 0 radical (unpaired) electrons. The Hall–Kier alpha value is -1.82. The Balaban J connectivity index is 2.37. The number of nitro benzene ring substituents is 1. The number of para-hydroxylation sites is 1. The minimum Gasteiger partial charge on any atom is -0.377 e. The lowest BCUT2D eigenvalue weighted by molar-refractivity contribution is -0.383. The van der Waals surface area contributed by atoms with Crippen LogP contribution in [-0.2, 0) is 0 Å². The first-order valence-electron chi connectivity index (χ1n) is 4.73. The van der Waals surface area contributed by atoms with E-state index in [4.69, 9.17) is 5.84 Å². The van der Waals surface area contributed by atoms with E-state index in [1.807, 2.05) is 0 Å². The quantitative estimate of drug-likeness (QED) is 0.395. The van der Waals surface area contributed by atoms with Crippen LogP contribution in [0.4, 0.5) is 17.1 Å². The number of nitrogen functional groups attached to an aromatic ring is 1. The van der Waals surface area contributed by atoms with E-state index in [0.29, 0.717) is 17.4 Å². The molecule has 6 nitrogen and oxygen atoms in total. The molecule has 80 valence electrons. The van der Waals surface area contributed by atoms with Gasteiger partial charge < -0.3 is 10.7 Å². The van der Waals surface area contributed by atoms with Gasteiger partial charge in [-0.3, -0.25) is 16.0 Å². The van der Waals surface area contributed by atoms with Crippen molar-refractivity contribution in [2.24, 2.45) is 5.84 Å². The van der Waals surface area contributed by atoms with Crippen molar-refractivity contribution in [3.63, 3.8) is 0 Å². The van der Waals surface area contributed by atoms with Crippen LogP contribution in [0.3, 0.4) is 0 Å². The van der Waals surface area contributed by atoms with Crippen molar-refractivity contribution in [1.82, 2.24) is 0 Å². The van der Waals surface area contributed by atoms with E-state index in [-0.39, 0.29) is 5.69 Å². The first kappa shape index (κ1) is 9.72. The maximum atomic E-state index is 10.9. The number of anilines is 2. The highest BCUT2D eigenvalue weighted by Crippen LogP contribution is 2.35. The van der Waals surface area contributed by atoms with E-state index in [2.05, 4.69) is 10.7 Å². The predicted octanol–water partition coefficient (Wildman–Crippen LogP) is 1.45. The zero-order valence-electron chi connectivity index (χ0n) is 8.06. The molecule has 0 aliphatic heterocycles. The molecule has 1 fully saturated rings. The molecular weight excluding hydrogens is 196 g/mol. The van der Waals surface area contributed by atoms with Crippen LogP contribution in [0.5, 0.6) is 0 Å². The van der Waals surface area contributed by atoms with E-state index < -0.39 is 4.92 Å². The molecule has 1 aromatic carbocycles. The fraction of sp³-hybridized carbons (Fsp3) is 0.333. The molecule has 1 aromatic rings. The highest BCUT2D eigenvalue weighted by Gasteiger charge is 2.26. The SMILES string of the molecule is NNc1cccc(NC2CC2)c1[N+](=O)[O-]. The molecule has 6 heteroatoms. The maximum Gasteiger partial charge on any atom is 0.316 e. The molecule has 1 saturated carbocycles. The summed E-state index contributed by atoms with van der Waals surface area (Å²) < 4.78 is 0. The fourth-order valence-electron chi connectivity index (χ4n) is 1.42. The molecule has 0 spiro atoms. The fourth-order valence-corrected chi connectivity index (χ4v) is 1.42. The van der Waals surface area contributed by atoms with Gasteiger partial charge in [0.1, 0.15) is 11.4 Å². The molecule has 0 unspecified atom stereocenters. The summed E-state index contributed by atoms with van der Waals surface area (Å²) in [5.74, 6) is 5.22. The highest BCUT2D eigenvalue weighted by atomic mass is 16.6. The van der Waals surface area contributed by atoms with Gasteiger partial charge in [-0.1, -0.05) is 6.07 Å². The summed E-state index contributed by atoms with van der Waals surface area (Å²) in [7, 11) is 0. The van der Waals surface area contributed by atoms with Crippen LogP contribution in [0.2, 0.25) is 0 Å². The van der Waals surface area contributed by atoms with E-state index in [1.54, 1.807) is 18.2 Å². The number of benzene rings is 1. The standard InChI is InChI=1S/C9H12N4O2/c10-12-8-3-1-2-7(9(8)13(14)15)11-6-4-5-6/h1-3,6,11-12H,4-5,10H2. The monoisotopic (exact) mass is 208 g/mol. The summed E-state index contributed by atoms with van der Waals surface area (Å²) in [6, 6.07) is 5.37. The van der Waals surface area contributed by atoms with Crippen LogP contribution in [0.1, 0.15) is 12.8 Å². The van der Waals surface area contributed by atoms with Gasteiger partial charge in [0.25, 0.3) is 0 Å². The summed E-state index contributed by atoms with van der Waals surface area (Å²) in [5, 5.41) is 14.0. The summed E-state index contributed by atoms with van der Waals surface area (Å²) in [4.78, 5) is 10.4. The number of hydrazine groups is 1. The van der Waals surface area contributed by atoms with Gasteiger partial charge in [-0.05, 0) is 25.0 Å². The Morgan fingerprint density at radius 3 is 2.60 bits per heavy atom. The van der Waals surface area contributed by atoms with Crippen LogP contribution >= 0.6 is 0 Å². The zero-order valence-corrected chi connectivity index (χ0v) is 8.06. The molecule has 0 amide bonds. The Morgan fingerprint density at radius 1 is 1.40 bits per heavy atom. The number of hydrogen-bond acceptors (Lipinski definition) is 5. The van der Waals surface area contributed by atoms with Gasteiger partial charge in [0, 0.05) is 6.04 Å². The Morgan fingerprint density at radius 2 is 2.07 bits per heavy atom. The predicted molar refractivity (Wildman–Crippen MR) is 57.6 cm³/mol. The molecule has 0 heterocycles. The number of nitrogens with two attached hydrogens (primary N) is 1. The lowest BCUT2D eigenvalue weighted by atomic mass is 10.2. The van der Waals surface area contributed by atoms with Crippen molar-refractivity contribution in [2.75, 3.05) is 10.7 Å². The summed E-state index contributed by atoms with van der Waals surface area (Å²) >= 11 is 0. The topological polar surface area (TPSA) is 93.2 Å². The lowest BCUT2D eigenvalue weighted by Gasteiger charge is -2.08. The van der Waals surface area contributed by atoms with Gasteiger partial charge in [-0.25, -0.2) is 0 Å². The molecule has 0 bridgehead atoms. The largest absolute Gasteiger partial charge is 0.377 e. The van der Waals surface area contributed by atoms with Crippen LogP contribution in [0.25, 0.3) is 0 Å². The molecular formula is C9H12N4O2. The number of rotatable bonds is 4.